The van der Waals surface area contributed by atoms with E-state index >= 15 is 0 Å². The summed E-state index contributed by atoms with van der Waals surface area (Å²) >= 11 is 3.25. The largest absolute Gasteiger partial charge is 0.469 e. The van der Waals surface area contributed by atoms with E-state index in [1.807, 2.05) is 6.07 Å². The number of para-hydroxylation sites is 1. The first-order valence-electron chi connectivity index (χ1n) is 5.61. The van der Waals surface area contributed by atoms with Crippen LogP contribution in [-0.2, 0) is 14.3 Å². The molecule has 0 bridgehead atoms. The first kappa shape index (κ1) is 14.7. The van der Waals surface area contributed by atoms with Gasteiger partial charge in [0.2, 0.25) is 0 Å². The Kier molecular flexibility index (Phi) is 6.43. The van der Waals surface area contributed by atoms with Gasteiger partial charge in [-0.3, -0.25) is 9.59 Å². The molecule has 98 valence electrons. The summed E-state index contributed by atoms with van der Waals surface area (Å²) in [4.78, 5) is 22.2. The summed E-state index contributed by atoms with van der Waals surface area (Å²) < 4.78 is 9.68. The number of rotatable bonds is 6. The first-order valence-corrected chi connectivity index (χ1v) is 6.52. The average molecular weight is 315 g/mol. The molecular weight excluding hydrogens is 300 g/mol. The summed E-state index contributed by atoms with van der Waals surface area (Å²) in [5, 5.41) is 0. The van der Waals surface area contributed by atoms with Crippen molar-refractivity contribution in [1.82, 2.24) is 0 Å². The lowest BCUT2D eigenvalue weighted by Gasteiger charge is -2.09. The fraction of sp³-hybridized carbons (Fsp3) is 0.385. The number of carbonyl (C=O) groups is 2. The van der Waals surface area contributed by atoms with Crippen LogP contribution in [0.5, 0.6) is 5.75 Å². The van der Waals surface area contributed by atoms with Gasteiger partial charge in [0, 0.05) is 6.42 Å². The van der Waals surface area contributed by atoms with Gasteiger partial charge < -0.3 is 9.47 Å². The summed E-state index contributed by atoms with van der Waals surface area (Å²) in [5.41, 5.74) is 0. The van der Waals surface area contributed by atoms with E-state index in [0.717, 1.165) is 0 Å². The molecule has 18 heavy (non-hydrogen) atoms. The number of ether oxygens (including phenoxy) is 2. The molecule has 1 aromatic carbocycles. The van der Waals surface area contributed by atoms with E-state index in [1.165, 1.54) is 7.11 Å². The Labute approximate surface area is 114 Å². The second-order valence-electron chi connectivity index (χ2n) is 3.67. The SMILES string of the molecule is COC(=O)CCCC(Br)C(=O)Oc1ccccc1. The molecule has 0 N–H and O–H groups in total. The lowest BCUT2D eigenvalue weighted by atomic mass is 10.2. The highest BCUT2D eigenvalue weighted by Gasteiger charge is 2.17. The van der Waals surface area contributed by atoms with Gasteiger partial charge in [0.25, 0.3) is 0 Å². The second-order valence-corrected chi connectivity index (χ2v) is 4.78. The minimum atomic E-state index is -0.414. The fourth-order valence-electron chi connectivity index (χ4n) is 1.31. The minimum Gasteiger partial charge on any atom is -0.469 e. The van der Waals surface area contributed by atoms with Gasteiger partial charge in [-0.25, -0.2) is 0 Å². The van der Waals surface area contributed by atoms with E-state index in [2.05, 4.69) is 20.7 Å². The lowest BCUT2D eigenvalue weighted by Crippen LogP contribution is -2.20. The van der Waals surface area contributed by atoms with Gasteiger partial charge in [-0.15, -0.1) is 0 Å². The Morgan fingerprint density at radius 2 is 1.94 bits per heavy atom. The first-order chi connectivity index (χ1) is 8.63. The van der Waals surface area contributed by atoms with E-state index in [9.17, 15) is 9.59 Å². The van der Waals surface area contributed by atoms with Crippen LogP contribution in [0.1, 0.15) is 19.3 Å². The van der Waals surface area contributed by atoms with E-state index in [1.54, 1.807) is 24.3 Å². The van der Waals surface area contributed by atoms with Gasteiger partial charge in [0.1, 0.15) is 10.6 Å². The maximum atomic E-state index is 11.7. The van der Waals surface area contributed by atoms with E-state index in [-0.39, 0.29) is 11.9 Å². The number of hydrogen-bond acceptors (Lipinski definition) is 4. The molecule has 4 nitrogen and oxygen atoms in total. The monoisotopic (exact) mass is 314 g/mol. The van der Waals surface area contributed by atoms with Crippen LogP contribution in [0.2, 0.25) is 0 Å². The van der Waals surface area contributed by atoms with Crippen molar-refractivity contribution < 1.29 is 19.1 Å². The van der Waals surface area contributed by atoms with Crippen molar-refractivity contribution in [3.05, 3.63) is 30.3 Å². The Bertz CT molecular complexity index is 391. The number of carbonyl (C=O) groups excluding carboxylic acids is 2. The van der Waals surface area contributed by atoms with Crippen LogP contribution in [0.4, 0.5) is 0 Å². The molecule has 0 radical (unpaired) electrons. The van der Waals surface area contributed by atoms with Crippen molar-refractivity contribution in [3.8, 4) is 5.75 Å². The van der Waals surface area contributed by atoms with Crippen LogP contribution >= 0.6 is 15.9 Å². The smallest absolute Gasteiger partial charge is 0.325 e. The molecule has 1 unspecified atom stereocenters. The predicted octanol–water partition coefficient (Wildman–Crippen LogP) is 2.70. The third-order valence-corrected chi connectivity index (χ3v) is 3.12. The van der Waals surface area contributed by atoms with Crippen LogP contribution in [0.25, 0.3) is 0 Å². The Hall–Kier alpha value is -1.36. The van der Waals surface area contributed by atoms with Gasteiger partial charge in [0.15, 0.2) is 0 Å². The molecule has 0 saturated heterocycles. The number of halogens is 1. The zero-order valence-electron chi connectivity index (χ0n) is 10.1. The molecule has 0 aliphatic carbocycles. The molecule has 5 heteroatoms. The van der Waals surface area contributed by atoms with Gasteiger partial charge in [-0.2, -0.15) is 0 Å². The van der Waals surface area contributed by atoms with Crippen molar-refractivity contribution in [3.63, 3.8) is 0 Å². The van der Waals surface area contributed by atoms with Crippen LogP contribution in [0.3, 0.4) is 0 Å². The number of benzene rings is 1. The van der Waals surface area contributed by atoms with E-state index < -0.39 is 4.83 Å². The molecule has 0 aromatic heterocycles. The summed E-state index contributed by atoms with van der Waals surface area (Å²) in [7, 11) is 1.34. The van der Waals surface area contributed by atoms with Crippen LogP contribution in [0, 0.1) is 0 Å². The van der Waals surface area contributed by atoms with Crippen molar-refractivity contribution in [2.45, 2.75) is 24.1 Å². The maximum Gasteiger partial charge on any atom is 0.325 e. The molecule has 0 saturated carbocycles. The van der Waals surface area contributed by atoms with Gasteiger partial charge in [-0.05, 0) is 25.0 Å². The Balaban J connectivity index is 2.31. The lowest BCUT2D eigenvalue weighted by molar-refractivity contribution is -0.141. The third kappa shape index (κ3) is 5.31. The number of methoxy groups -OCH3 is 1. The highest BCUT2D eigenvalue weighted by atomic mass is 79.9. The molecule has 0 fully saturated rings. The predicted molar refractivity (Wildman–Crippen MR) is 70.7 cm³/mol. The maximum absolute atomic E-state index is 11.7. The molecule has 1 rings (SSSR count). The molecule has 0 spiro atoms. The van der Waals surface area contributed by atoms with Gasteiger partial charge in [0.05, 0.1) is 7.11 Å². The summed E-state index contributed by atoms with van der Waals surface area (Å²) in [6.07, 6.45) is 1.41. The molecule has 0 aliphatic rings. The molecule has 0 amide bonds. The number of hydrogen-bond donors (Lipinski definition) is 0. The Morgan fingerprint density at radius 3 is 2.56 bits per heavy atom. The zero-order valence-corrected chi connectivity index (χ0v) is 11.7. The molecule has 1 aromatic rings. The van der Waals surface area contributed by atoms with Crippen molar-refractivity contribution in [2.24, 2.45) is 0 Å². The van der Waals surface area contributed by atoms with Crippen LogP contribution in [-0.4, -0.2) is 23.9 Å². The Morgan fingerprint density at radius 1 is 1.28 bits per heavy atom. The zero-order chi connectivity index (χ0) is 13.4. The number of esters is 2. The van der Waals surface area contributed by atoms with E-state index in [4.69, 9.17) is 4.74 Å². The van der Waals surface area contributed by atoms with Crippen LogP contribution < -0.4 is 4.74 Å². The average Bonchev–Trinajstić information content (AvgIpc) is 2.39. The third-order valence-electron chi connectivity index (χ3n) is 2.28. The summed E-state index contributed by atoms with van der Waals surface area (Å²) in [6.45, 7) is 0. The molecular formula is C13H15BrO4. The van der Waals surface area contributed by atoms with Crippen molar-refractivity contribution in [2.75, 3.05) is 7.11 Å². The summed E-state index contributed by atoms with van der Waals surface area (Å²) in [6, 6.07) is 8.86. The molecule has 0 heterocycles. The summed E-state index contributed by atoms with van der Waals surface area (Å²) in [5.74, 6) is -0.114. The van der Waals surface area contributed by atoms with Crippen molar-refractivity contribution in [1.29, 1.82) is 0 Å². The normalized spacial score (nSPS) is 11.7. The molecule has 1 atom stereocenters. The highest BCUT2D eigenvalue weighted by Crippen LogP contribution is 2.15. The van der Waals surface area contributed by atoms with Crippen molar-refractivity contribution >= 4 is 27.9 Å². The minimum absolute atomic E-state index is 0.272. The molecule has 0 aliphatic heterocycles. The standard InChI is InChI=1S/C13H15BrO4/c1-17-12(15)9-5-8-11(14)13(16)18-10-6-3-2-4-7-10/h2-4,6-7,11H,5,8-9H2,1H3. The highest BCUT2D eigenvalue weighted by molar-refractivity contribution is 9.10. The van der Waals surface area contributed by atoms with Gasteiger partial charge in [-0.1, -0.05) is 34.1 Å². The van der Waals surface area contributed by atoms with Crippen LogP contribution in [0.15, 0.2) is 30.3 Å². The van der Waals surface area contributed by atoms with Gasteiger partial charge >= 0.3 is 11.9 Å². The fourth-order valence-corrected chi connectivity index (χ4v) is 1.73. The second kappa shape index (κ2) is 7.87. The number of alkyl halides is 1. The topological polar surface area (TPSA) is 52.6 Å². The van der Waals surface area contributed by atoms with E-state index in [0.29, 0.717) is 25.0 Å². The quantitative estimate of drug-likeness (QED) is 0.460.